The third-order valence-corrected chi connectivity index (χ3v) is 5.31. The van der Waals surface area contributed by atoms with E-state index in [0.29, 0.717) is 39.6 Å². The van der Waals surface area contributed by atoms with Gasteiger partial charge in [-0.2, -0.15) is 0 Å². The molecular weight excluding hydrogens is 444 g/mol. The van der Waals surface area contributed by atoms with Gasteiger partial charge in [-0.3, -0.25) is 9.36 Å². The Labute approximate surface area is 205 Å². The van der Waals surface area contributed by atoms with E-state index in [4.69, 9.17) is 14.2 Å². The highest BCUT2D eigenvalue weighted by atomic mass is 16.5. The van der Waals surface area contributed by atoms with Gasteiger partial charge in [0.2, 0.25) is 0 Å². The van der Waals surface area contributed by atoms with Gasteiger partial charge in [0.25, 0.3) is 0 Å². The van der Waals surface area contributed by atoms with Gasteiger partial charge in [0.1, 0.15) is 11.4 Å². The molecule has 2 aromatic carbocycles. The summed E-state index contributed by atoms with van der Waals surface area (Å²) in [5.41, 5.74) is 3.92. The van der Waals surface area contributed by atoms with Gasteiger partial charge in [-0.05, 0) is 12.8 Å². The number of hydrogen-bond donors (Lipinski definition) is 0. The number of rotatable bonds is 16. The molecule has 0 fully saturated rings. The molecule has 0 saturated heterocycles. The molecule has 0 aliphatic rings. The number of ether oxygens (including phenoxy) is 3. The molecule has 35 heavy (non-hydrogen) atoms. The zero-order valence-electron chi connectivity index (χ0n) is 19.9. The van der Waals surface area contributed by atoms with Crippen molar-refractivity contribution in [2.24, 2.45) is 0 Å². The molecule has 0 bridgehead atoms. The second-order valence-electron chi connectivity index (χ2n) is 8.01. The maximum Gasteiger partial charge on any atom is 0.113 e. The average molecular weight is 477 g/mol. The van der Waals surface area contributed by atoms with E-state index < -0.39 is 0 Å². The van der Waals surface area contributed by atoms with Crippen LogP contribution in [0.1, 0.15) is 12.8 Å². The van der Waals surface area contributed by atoms with Crippen molar-refractivity contribution in [3.8, 4) is 22.5 Å². The lowest BCUT2D eigenvalue weighted by Gasteiger charge is -2.07. The summed E-state index contributed by atoms with van der Waals surface area (Å²) in [6.45, 7) is 5.14. The second kappa shape index (κ2) is 14.1. The van der Waals surface area contributed by atoms with Crippen molar-refractivity contribution in [2.45, 2.75) is 25.9 Å². The van der Waals surface area contributed by atoms with Crippen LogP contribution in [0.4, 0.5) is 0 Å². The molecule has 0 unspecified atom stereocenters. The quantitative estimate of drug-likeness (QED) is 0.228. The molecule has 0 atom stereocenters. The van der Waals surface area contributed by atoms with Crippen LogP contribution in [0.2, 0.25) is 0 Å². The maximum absolute atomic E-state index is 5.63. The second-order valence-corrected chi connectivity index (χ2v) is 8.01. The van der Waals surface area contributed by atoms with Crippen LogP contribution in [-0.4, -0.2) is 69.6 Å². The van der Waals surface area contributed by atoms with Gasteiger partial charge in [0.05, 0.1) is 38.8 Å². The molecule has 9 nitrogen and oxygen atoms in total. The van der Waals surface area contributed by atoms with Crippen molar-refractivity contribution < 1.29 is 14.2 Å². The van der Waals surface area contributed by atoms with Crippen LogP contribution in [-0.2, 0) is 27.3 Å². The van der Waals surface area contributed by atoms with Gasteiger partial charge in [-0.25, -0.2) is 0 Å². The molecule has 0 amide bonds. The van der Waals surface area contributed by atoms with Crippen LogP contribution in [0.15, 0.2) is 73.1 Å². The summed E-state index contributed by atoms with van der Waals surface area (Å²) < 4.78 is 20.5. The molecule has 0 saturated carbocycles. The Morgan fingerprint density at radius 3 is 1.34 bits per heavy atom. The Morgan fingerprint density at radius 2 is 0.914 bits per heavy atom. The van der Waals surface area contributed by atoms with Gasteiger partial charge in [-0.15, -0.1) is 10.2 Å². The SMILES string of the molecule is c1ccc(-c2cn(CCCOCCOCCOCCCn3cc(-c4ccccc4)nn3)nn2)cc1. The van der Waals surface area contributed by atoms with E-state index in [0.717, 1.165) is 48.4 Å². The summed E-state index contributed by atoms with van der Waals surface area (Å²) in [6, 6.07) is 20.1. The summed E-state index contributed by atoms with van der Waals surface area (Å²) >= 11 is 0. The van der Waals surface area contributed by atoms with Crippen LogP contribution < -0.4 is 0 Å². The highest BCUT2D eigenvalue weighted by Gasteiger charge is 2.04. The van der Waals surface area contributed by atoms with E-state index in [-0.39, 0.29) is 0 Å². The number of aromatic nitrogens is 6. The first-order valence-corrected chi connectivity index (χ1v) is 12.0. The third kappa shape index (κ3) is 8.40. The summed E-state index contributed by atoms with van der Waals surface area (Å²) in [7, 11) is 0. The van der Waals surface area contributed by atoms with Gasteiger partial charge < -0.3 is 14.2 Å². The molecular formula is C26H32N6O3. The van der Waals surface area contributed by atoms with Gasteiger partial charge >= 0.3 is 0 Å². The molecule has 4 aromatic rings. The van der Waals surface area contributed by atoms with Crippen LogP contribution in [0.5, 0.6) is 0 Å². The van der Waals surface area contributed by atoms with Crippen molar-refractivity contribution in [3.63, 3.8) is 0 Å². The zero-order valence-corrected chi connectivity index (χ0v) is 19.9. The topological polar surface area (TPSA) is 89.1 Å². The zero-order chi connectivity index (χ0) is 24.0. The monoisotopic (exact) mass is 476 g/mol. The first-order valence-electron chi connectivity index (χ1n) is 12.0. The van der Waals surface area contributed by atoms with Crippen LogP contribution >= 0.6 is 0 Å². The molecule has 184 valence electrons. The number of benzene rings is 2. The molecule has 0 aliphatic carbocycles. The Bertz CT molecular complexity index is 1010. The first kappa shape index (κ1) is 24.7. The fourth-order valence-corrected chi connectivity index (χ4v) is 3.50. The van der Waals surface area contributed by atoms with Crippen molar-refractivity contribution in [3.05, 3.63) is 73.1 Å². The van der Waals surface area contributed by atoms with E-state index in [1.165, 1.54) is 0 Å². The van der Waals surface area contributed by atoms with Crippen LogP contribution in [0.3, 0.4) is 0 Å². The first-order chi connectivity index (χ1) is 17.4. The van der Waals surface area contributed by atoms with E-state index in [1.807, 2.05) is 82.4 Å². The lowest BCUT2D eigenvalue weighted by atomic mass is 10.2. The Balaban J connectivity index is 0.950. The van der Waals surface area contributed by atoms with Crippen molar-refractivity contribution in [1.29, 1.82) is 0 Å². The Morgan fingerprint density at radius 1 is 0.514 bits per heavy atom. The van der Waals surface area contributed by atoms with E-state index in [1.54, 1.807) is 0 Å². The van der Waals surface area contributed by atoms with Gasteiger partial charge in [0, 0.05) is 37.4 Å². The standard InChI is InChI=1S/C26H32N6O3/c1-3-9-23(10-4-1)25-21-31(29-27-25)13-7-15-33-17-19-35-20-18-34-16-8-14-32-22-26(28-30-32)24-11-5-2-6-12-24/h1-6,9-12,21-22H,7-8,13-20H2. The predicted octanol–water partition coefficient (Wildman–Crippen LogP) is 3.73. The summed E-state index contributed by atoms with van der Waals surface area (Å²) in [6.07, 6.45) is 5.68. The van der Waals surface area contributed by atoms with Crippen molar-refractivity contribution in [2.75, 3.05) is 39.6 Å². The minimum Gasteiger partial charge on any atom is -0.379 e. The smallest absolute Gasteiger partial charge is 0.113 e. The minimum atomic E-state index is 0.562. The van der Waals surface area contributed by atoms with Gasteiger partial charge in [-0.1, -0.05) is 71.1 Å². The third-order valence-electron chi connectivity index (χ3n) is 5.31. The fraction of sp³-hybridized carbons (Fsp3) is 0.385. The van der Waals surface area contributed by atoms with Crippen LogP contribution in [0.25, 0.3) is 22.5 Å². The summed E-state index contributed by atoms with van der Waals surface area (Å²) in [5, 5.41) is 16.8. The van der Waals surface area contributed by atoms with E-state index in [9.17, 15) is 0 Å². The largest absolute Gasteiger partial charge is 0.379 e. The molecule has 0 spiro atoms. The average Bonchev–Trinajstić information content (AvgIpc) is 3.58. The van der Waals surface area contributed by atoms with E-state index in [2.05, 4.69) is 20.6 Å². The molecule has 0 radical (unpaired) electrons. The number of hydrogen-bond acceptors (Lipinski definition) is 7. The lowest BCUT2D eigenvalue weighted by molar-refractivity contribution is 0.0126. The Kier molecular flexibility index (Phi) is 9.96. The number of aryl methyl sites for hydroxylation is 2. The van der Waals surface area contributed by atoms with E-state index >= 15 is 0 Å². The number of nitrogens with zero attached hydrogens (tertiary/aromatic N) is 6. The van der Waals surface area contributed by atoms with Gasteiger partial charge in [0.15, 0.2) is 0 Å². The highest BCUT2D eigenvalue weighted by Crippen LogP contribution is 2.15. The molecule has 0 N–H and O–H groups in total. The van der Waals surface area contributed by atoms with Crippen LogP contribution in [0, 0.1) is 0 Å². The molecule has 4 rings (SSSR count). The molecule has 9 heteroatoms. The predicted molar refractivity (Wildman–Crippen MR) is 133 cm³/mol. The molecule has 2 heterocycles. The minimum absolute atomic E-state index is 0.562. The maximum atomic E-state index is 5.63. The fourth-order valence-electron chi connectivity index (χ4n) is 3.50. The Hall–Kier alpha value is -3.40. The van der Waals surface area contributed by atoms with Crippen molar-refractivity contribution >= 4 is 0 Å². The molecule has 0 aliphatic heterocycles. The van der Waals surface area contributed by atoms with Crippen molar-refractivity contribution in [1.82, 2.24) is 30.0 Å². The summed E-state index contributed by atoms with van der Waals surface area (Å²) in [5.74, 6) is 0. The lowest BCUT2D eigenvalue weighted by Crippen LogP contribution is -2.11. The molecule has 2 aromatic heterocycles. The summed E-state index contributed by atoms with van der Waals surface area (Å²) in [4.78, 5) is 0. The normalized spacial score (nSPS) is 11.2. The highest BCUT2D eigenvalue weighted by molar-refractivity contribution is 5.57.